The third kappa shape index (κ3) is 4.41. The Bertz CT molecular complexity index is 1300. The van der Waals surface area contributed by atoms with Gasteiger partial charge in [-0.1, -0.05) is 0 Å². The van der Waals surface area contributed by atoms with Crippen molar-refractivity contribution in [3.63, 3.8) is 0 Å². The molecule has 4 rings (SSSR count). The van der Waals surface area contributed by atoms with Gasteiger partial charge in [-0.05, 0) is 45.9 Å². The lowest BCUT2D eigenvalue weighted by Crippen LogP contribution is -2.34. The van der Waals surface area contributed by atoms with Crippen LogP contribution in [0.3, 0.4) is 0 Å². The van der Waals surface area contributed by atoms with Crippen molar-refractivity contribution in [3.8, 4) is 17.1 Å². The number of nitrogens with zero attached hydrogens (tertiary/aromatic N) is 5. The smallest absolute Gasteiger partial charge is 0.221 e. The largest absolute Gasteiger partial charge is 0.479 e. The number of aromatic amines is 1. The number of nitrogens with one attached hydrogen (secondary N) is 2. The van der Waals surface area contributed by atoms with Gasteiger partial charge in [-0.15, -0.1) is 0 Å². The number of rotatable bonds is 2. The van der Waals surface area contributed by atoms with Crippen molar-refractivity contribution in [1.29, 1.82) is 0 Å². The Morgan fingerprint density at radius 1 is 1.32 bits per heavy atom. The molecule has 1 atom stereocenters. The molecule has 0 saturated carbocycles. The van der Waals surface area contributed by atoms with E-state index in [1.165, 1.54) is 0 Å². The summed E-state index contributed by atoms with van der Waals surface area (Å²) in [6, 6.07) is 2.02. The second-order valence-electron chi connectivity index (χ2n) is 8.29. The molecule has 34 heavy (non-hydrogen) atoms. The van der Waals surface area contributed by atoms with Gasteiger partial charge in [0.2, 0.25) is 5.88 Å². The molecule has 180 valence electrons. The van der Waals surface area contributed by atoms with Crippen LogP contribution in [-0.2, 0) is 11.8 Å². The summed E-state index contributed by atoms with van der Waals surface area (Å²) < 4.78 is 13.7. The van der Waals surface area contributed by atoms with E-state index in [4.69, 9.17) is 20.2 Å². The summed E-state index contributed by atoms with van der Waals surface area (Å²) in [6.07, 6.45) is 3.73. The summed E-state index contributed by atoms with van der Waals surface area (Å²) in [4.78, 5) is 9.30. The SMILES string of the molecule is CCO/C(N)=C1\C=C\c2[nH]nc3c(C)nc(cc23)-c2c(C)nn(C)c2O[C@@H](C)CNCC1=NC. The van der Waals surface area contributed by atoms with Crippen LogP contribution in [0.2, 0.25) is 0 Å². The molecule has 0 radical (unpaired) electrons. The highest BCUT2D eigenvalue weighted by Crippen LogP contribution is 2.35. The summed E-state index contributed by atoms with van der Waals surface area (Å²) >= 11 is 0. The summed E-state index contributed by atoms with van der Waals surface area (Å²) in [7, 11) is 3.63. The number of aryl methyl sites for hydroxylation is 3. The standard InChI is InChI=1S/C24H32N8O2/c1-7-33-23(25)16-8-9-18-17-10-19(28-15(4)22(17)30-29-18)21-14(3)31-32(6)24(21)34-13(2)11-27-12-20(16)26-5/h8-10,13,27H,7,11-12,25H2,1-6H3,(H,29,30)/b9-8+,23-16+,26-20?/t13-/m0/s1. The molecule has 0 aromatic carbocycles. The number of hydrogen-bond acceptors (Lipinski definition) is 8. The van der Waals surface area contributed by atoms with Crippen LogP contribution >= 0.6 is 0 Å². The maximum Gasteiger partial charge on any atom is 0.221 e. The van der Waals surface area contributed by atoms with Gasteiger partial charge in [0.25, 0.3) is 0 Å². The summed E-state index contributed by atoms with van der Waals surface area (Å²) in [6.45, 7) is 9.40. The van der Waals surface area contributed by atoms with Crippen LogP contribution in [0.15, 0.2) is 28.6 Å². The quantitative estimate of drug-likeness (QED) is 0.497. The Kier molecular flexibility index (Phi) is 6.69. The lowest BCUT2D eigenvalue weighted by atomic mass is 10.1. The Balaban J connectivity index is 1.94. The molecule has 0 spiro atoms. The minimum absolute atomic E-state index is 0.127. The normalized spacial score (nSPS) is 20.5. The second-order valence-corrected chi connectivity index (χ2v) is 8.29. The fourth-order valence-electron chi connectivity index (χ4n) is 4.15. The Labute approximate surface area is 198 Å². The number of hydrogen-bond donors (Lipinski definition) is 3. The van der Waals surface area contributed by atoms with Gasteiger partial charge >= 0.3 is 0 Å². The van der Waals surface area contributed by atoms with Crippen molar-refractivity contribution >= 4 is 22.7 Å². The molecule has 10 heteroatoms. The second kappa shape index (κ2) is 9.68. The maximum atomic E-state index is 6.35. The number of pyridine rings is 1. The fraction of sp³-hybridized carbons (Fsp3) is 0.417. The van der Waals surface area contributed by atoms with Gasteiger partial charge in [0.15, 0.2) is 5.88 Å². The van der Waals surface area contributed by atoms with E-state index in [-0.39, 0.29) is 6.10 Å². The third-order valence-corrected chi connectivity index (χ3v) is 5.77. The van der Waals surface area contributed by atoms with E-state index in [9.17, 15) is 0 Å². The molecular formula is C24H32N8O2. The minimum Gasteiger partial charge on any atom is -0.479 e. The van der Waals surface area contributed by atoms with Crippen LogP contribution in [0.25, 0.3) is 28.2 Å². The molecule has 10 nitrogen and oxygen atoms in total. The van der Waals surface area contributed by atoms with Crippen LogP contribution in [0.5, 0.6) is 5.88 Å². The van der Waals surface area contributed by atoms with Crippen molar-refractivity contribution in [2.75, 3.05) is 26.7 Å². The van der Waals surface area contributed by atoms with Crippen LogP contribution in [0, 0.1) is 13.8 Å². The number of nitrogens with two attached hydrogens (primary N) is 1. The zero-order valence-electron chi connectivity index (χ0n) is 20.6. The molecule has 1 aliphatic heterocycles. The van der Waals surface area contributed by atoms with Gasteiger partial charge in [-0.3, -0.25) is 15.1 Å². The zero-order valence-corrected chi connectivity index (χ0v) is 20.6. The van der Waals surface area contributed by atoms with Gasteiger partial charge in [0.1, 0.15) is 11.6 Å². The average molecular weight is 465 g/mol. The monoisotopic (exact) mass is 464 g/mol. The summed E-state index contributed by atoms with van der Waals surface area (Å²) in [5.41, 5.74) is 12.7. The molecule has 4 heterocycles. The highest BCUT2D eigenvalue weighted by atomic mass is 16.5. The van der Waals surface area contributed by atoms with Crippen molar-refractivity contribution in [3.05, 3.63) is 40.7 Å². The summed E-state index contributed by atoms with van der Waals surface area (Å²) in [5.74, 6) is 1.00. The third-order valence-electron chi connectivity index (χ3n) is 5.77. The first kappa shape index (κ1) is 23.5. The predicted molar refractivity (Wildman–Crippen MR) is 134 cm³/mol. The molecule has 3 aromatic heterocycles. The highest BCUT2D eigenvalue weighted by Gasteiger charge is 2.22. The molecule has 1 aliphatic rings. The Morgan fingerprint density at radius 3 is 2.85 bits per heavy atom. The lowest BCUT2D eigenvalue weighted by molar-refractivity contribution is 0.202. The number of ether oxygens (including phenoxy) is 2. The van der Waals surface area contributed by atoms with Crippen LogP contribution in [0.1, 0.15) is 30.9 Å². The van der Waals surface area contributed by atoms with Crippen LogP contribution in [-0.4, -0.2) is 63.5 Å². The number of aromatic nitrogens is 5. The highest BCUT2D eigenvalue weighted by molar-refractivity contribution is 6.05. The maximum absolute atomic E-state index is 6.35. The zero-order chi connectivity index (χ0) is 24.4. The van der Waals surface area contributed by atoms with E-state index in [1.54, 1.807) is 11.7 Å². The number of H-pyrrole nitrogens is 1. The Hall–Kier alpha value is -3.66. The van der Waals surface area contributed by atoms with Gasteiger partial charge < -0.3 is 20.5 Å². The first-order valence-corrected chi connectivity index (χ1v) is 11.4. The van der Waals surface area contributed by atoms with E-state index in [1.807, 2.05) is 53.0 Å². The van der Waals surface area contributed by atoms with E-state index in [0.717, 1.165) is 50.5 Å². The fourth-order valence-corrected chi connectivity index (χ4v) is 4.15. The number of fused-ring (bicyclic) bond motifs is 3. The Morgan fingerprint density at radius 2 is 2.12 bits per heavy atom. The van der Waals surface area contributed by atoms with Gasteiger partial charge in [0, 0.05) is 32.6 Å². The predicted octanol–water partition coefficient (Wildman–Crippen LogP) is 2.64. The molecule has 4 N–H and O–H groups in total. The van der Waals surface area contributed by atoms with Crippen molar-refractivity contribution in [2.45, 2.75) is 33.8 Å². The van der Waals surface area contributed by atoms with Gasteiger partial charge in [-0.2, -0.15) is 10.2 Å². The molecule has 3 aromatic rings. The van der Waals surface area contributed by atoms with E-state index < -0.39 is 0 Å². The molecule has 2 bridgehead atoms. The molecule has 0 unspecified atom stereocenters. The number of allylic oxidation sites excluding steroid dienone is 1. The summed E-state index contributed by atoms with van der Waals surface area (Å²) in [5, 5.41) is 16.6. The minimum atomic E-state index is -0.127. The van der Waals surface area contributed by atoms with Crippen LogP contribution < -0.4 is 15.8 Å². The average Bonchev–Trinajstić information content (AvgIpc) is 3.32. The van der Waals surface area contributed by atoms with Crippen molar-refractivity contribution in [1.82, 2.24) is 30.3 Å². The van der Waals surface area contributed by atoms with Gasteiger partial charge in [-0.25, -0.2) is 4.68 Å². The lowest BCUT2D eigenvalue weighted by Gasteiger charge is -2.18. The van der Waals surface area contributed by atoms with Crippen molar-refractivity contribution < 1.29 is 9.47 Å². The van der Waals surface area contributed by atoms with Crippen molar-refractivity contribution in [2.24, 2.45) is 17.8 Å². The van der Waals surface area contributed by atoms with Crippen LogP contribution in [0.4, 0.5) is 0 Å². The van der Waals surface area contributed by atoms with E-state index in [0.29, 0.717) is 31.5 Å². The number of aliphatic imine (C=N–C) groups is 1. The topological polar surface area (TPSA) is 128 Å². The first-order chi connectivity index (χ1) is 16.3. The molecular weight excluding hydrogens is 432 g/mol. The van der Waals surface area contributed by atoms with E-state index in [2.05, 4.69) is 25.6 Å². The first-order valence-electron chi connectivity index (χ1n) is 11.4. The molecule has 0 saturated heterocycles. The van der Waals surface area contributed by atoms with E-state index >= 15 is 0 Å². The molecule has 0 fully saturated rings. The molecule has 0 aliphatic carbocycles. The van der Waals surface area contributed by atoms with Gasteiger partial charge in [0.05, 0.1) is 46.2 Å². The molecule has 0 amide bonds.